The summed E-state index contributed by atoms with van der Waals surface area (Å²) in [4.78, 5) is 12.1. The van der Waals surface area contributed by atoms with Crippen LogP contribution in [0.3, 0.4) is 0 Å². The summed E-state index contributed by atoms with van der Waals surface area (Å²) in [6, 6.07) is 2.11. The van der Waals surface area contributed by atoms with Gasteiger partial charge in [-0.3, -0.25) is 9.48 Å². The molecule has 5 nitrogen and oxygen atoms in total. The Hall–Kier alpha value is -1.36. The smallest absolute Gasteiger partial charge is 0.224 e. The standard InChI is InChI=1S/C15H26N4O/c1-11-10-12(2)19(18-11)9-5-8-17-15(20)13-6-3-4-7-14(13)16/h10,13-14H,3-9,16H2,1-2H3,(H,17,20). The van der Waals surface area contributed by atoms with Crippen molar-refractivity contribution in [3.63, 3.8) is 0 Å². The fourth-order valence-electron chi connectivity index (χ4n) is 2.96. The Kier molecular flexibility index (Phi) is 5.17. The van der Waals surface area contributed by atoms with Crippen molar-refractivity contribution in [3.05, 3.63) is 17.5 Å². The Labute approximate surface area is 120 Å². The van der Waals surface area contributed by atoms with Crippen LogP contribution >= 0.6 is 0 Å². The lowest BCUT2D eigenvalue weighted by Crippen LogP contribution is -2.44. The minimum absolute atomic E-state index is 0.0115. The van der Waals surface area contributed by atoms with Crippen molar-refractivity contribution in [3.8, 4) is 0 Å². The van der Waals surface area contributed by atoms with E-state index < -0.39 is 0 Å². The van der Waals surface area contributed by atoms with E-state index in [0.29, 0.717) is 6.54 Å². The molecular formula is C15H26N4O. The maximum Gasteiger partial charge on any atom is 0.224 e. The molecule has 0 radical (unpaired) electrons. The first-order chi connectivity index (χ1) is 9.58. The molecule has 1 aliphatic carbocycles. The van der Waals surface area contributed by atoms with Crippen molar-refractivity contribution in [2.75, 3.05) is 6.54 Å². The molecule has 1 aliphatic rings. The highest BCUT2D eigenvalue weighted by Crippen LogP contribution is 2.22. The molecule has 2 rings (SSSR count). The number of nitrogens with one attached hydrogen (secondary N) is 1. The summed E-state index contributed by atoms with van der Waals surface area (Å²) < 4.78 is 1.99. The quantitative estimate of drug-likeness (QED) is 0.802. The van der Waals surface area contributed by atoms with Gasteiger partial charge in [0.15, 0.2) is 0 Å². The largest absolute Gasteiger partial charge is 0.356 e. The fourth-order valence-corrected chi connectivity index (χ4v) is 2.96. The van der Waals surface area contributed by atoms with Gasteiger partial charge in [-0.05, 0) is 39.2 Å². The summed E-state index contributed by atoms with van der Waals surface area (Å²) in [5.74, 6) is 0.142. The SMILES string of the molecule is Cc1cc(C)n(CCCNC(=O)C2CCCCC2N)n1. The fraction of sp³-hybridized carbons (Fsp3) is 0.733. The van der Waals surface area contributed by atoms with Crippen LogP contribution in [0, 0.1) is 19.8 Å². The van der Waals surface area contributed by atoms with Gasteiger partial charge >= 0.3 is 0 Å². The number of nitrogens with zero attached hydrogens (tertiary/aromatic N) is 2. The molecular weight excluding hydrogens is 252 g/mol. The van der Waals surface area contributed by atoms with Crippen molar-refractivity contribution in [1.82, 2.24) is 15.1 Å². The molecule has 112 valence electrons. The van der Waals surface area contributed by atoms with E-state index >= 15 is 0 Å². The van der Waals surface area contributed by atoms with E-state index in [1.54, 1.807) is 0 Å². The molecule has 20 heavy (non-hydrogen) atoms. The first-order valence-electron chi connectivity index (χ1n) is 7.62. The predicted octanol–water partition coefficient (Wildman–Crippen LogP) is 1.52. The van der Waals surface area contributed by atoms with Gasteiger partial charge in [0.2, 0.25) is 5.91 Å². The average Bonchev–Trinajstić information content (AvgIpc) is 2.73. The minimum Gasteiger partial charge on any atom is -0.356 e. The van der Waals surface area contributed by atoms with Crippen LogP contribution in [0.15, 0.2) is 6.07 Å². The molecule has 0 spiro atoms. The molecule has 1 aromatic rings. The maximum atomic E-state index is 12.1. The maximum absolute atomic E-state index is 12.1. The van der Waals surface area contributed by atoms with Crippen LogP contribution in [-0.4, -0.2) is 28.3 Å². The number of rotatable bonds is 5. The summed E-state index contributed by atoms with van der Waals surface area (Å²) in [7, 11) is 0. The van der Waals surface area contributed by atoms with Gasteiger partial charge in [-0.15, -0.1) is 0 Å². The van der Waals surface area contributed by atoms with E-state index in [9.17, 15) is 4.79 Å². The Morgan fingerprint density at radius 2 is 2.20 bits per heavy atom. The second kappa shape index (κ2) is 6.88. The number of amides is 1. The lowest BCUT2D eigenvalue weighted by Gasteiger charge is -2.27. The van der Waals surface area contributed by atoms with Gasteiger partial charge in [-0.25, -0.2) is 0 Å². The van der Waals surface area contributed by atoms with Gasteiger partial charge < -0.3 is 11.1 Å². The lowest BCUT2D eigenvalue weighted by molar-refractivity contribution is -0.126. The number of aryl methyl sites for hydroxylation is 3. The second-order valence-corrected chi connectivity index (χ2v) is 5.85. The molecule has 0 saturated heterocycles. The monoisotopic (exact) mass is 278 g/mol. The van der Waals surface area contributed by atoms with E-state index in [1.807, 2.05) is 11.6 Å². The molecule has 1 heterocycles. The molecule has 0 aromatic carbocycles. The predicted molar refractivity (Wildman–Crippen MR) is 79.3 cm³/mol. The highest BCUT2D eigenvalue weighted by molar-refractivity contribution is 5.79. The van der Waals surface area contributed by atoms with Gasteiger partial charge in [0.1, 0.15) is 0 Å². The van der Waals surface area contributed by atoms with Gasteiger partial charge in [-0.1, -0.05) is 12.8 Å². The number of hydrogen-bond acceptors (Lipinski definition) is 3. The molecule has 1 fully saturated rings. The van der Waals surface area contributed by atoms with Crippen LogP contribution in [0.4, 0.5) is 0 Å². The van der Waals surface area contributed by atoms with Crippen molar-refractivity contribution < 1.29 is 4.79 Å². The van der Waals surface area contributed by atoms with E-state index in [2.05, 4.69) is 23.4 Å². The molecule has 2 unspecified atom stereocenters. The van der Waals surface area contributed by atoms with Gasteiger partial charge in [0, 0.05) is 24.8 Å². The first-order valence-corrected chi connectivity index (χ1v) is 7.62. The zero-order valence-corrected chi connectivity index (χ0v) is 12.6. The van der Waals surface area contributed by atoms with Crippen LogP contribution < -0.4 is 11.1 Å². The molecule has 1 saturated carbocycles. The molecule has 5 heteroatoms. The highest BCUT2D eigenvalue weighted by Gasteiger charge is 2.27. The molecule has 0 bridgehead atoms. The lowest BCUT2D eigenvalue weighted by atomic mass is 9.84. The molecule has 2 atom stereocenters. The van der Waals surface area contributed by atoms with Crippen molar-refractivity contribution >= 4 is 5.91 Å². The van der Waals surface area contributed by atoms with Gasteiger partial charge in [0.05, 0.1) is 11.6 Å². The number of carbonyl (C=O) groups is 1. The molecule has 1 aromatic heterocycles. The van der Waals surface area contributed by atoms with Crippen LogP contribution in [-0.2, 0) is 11.3 Å². The molecule has 0 aliphatic heterocycles. The van der Waals surface area contributed by atoms with Crippen LogP contribution in [0.1, 0.15) is 43.5 Å². The second-order valence-electron chi connectivity index (χ2n) is 5.85. The van der Waals surface area contributed by atoms with Crippen LogP contribution in [0.5, 0.6) is 0 Å². The first kappa shape index (κ1) is 15.0. The Morgan fingerprint density at radius 3 is 2.85 bits per heavy atom. The van der Waals surface area contributed by atoms with E-state index in [4.69, 9.17) is 5.73 Å². The zero-order valence-electron chi connectivity index (χ0n) is 12.6. The summed E-state index contributed by atoms with van der Waals surface area (Å²) in [6.07, 6.45) is 5.09. The van der Waals surface area contributed by atoms with Crippen molar-refractivity contribution in [2.45, 2.75) is 58.5 Å². The minimum atomic E-state index is 0.0115. The Bertz CT molecular complexity index is 455. The van der Waals surface area contributed by atoms with E-state index in [-0.39, 0.29) is 17.9 Å². The third kappa shape index (κ3) is 3.82. The Morgan fingerprint density at radius 1 is 1.45 bits per heavy atom. The summed E-state index contributed by atoms with van der Waals surface area (Å²) >= 11 is 0. The molecule has 3 N–H and O–H groups in total. The van der Waals surface area contributed by atoms with Gasteiger partial charge in [-0.2, -0.15) is 5.10 Å². The number of carbonyl (C=O) groups excluding carboxylic acids is 1. The van der Waals surface area contributed by atoms with Crippen molar-refractivity contribution in [1.29, 1.82) is 0 Å². The van der Waals surface area contributed by atoms with E-state index in [0.717, 1.165) is 44.3 Å². The third-order valence-corrected chi connectivity index (χ3v) is 4.11. The third-order valence-electron chi connectivity index (χ3n) is 4.11. The normalized spacial score (nSPS) is 22.8. The topological polar surface area (TPSA) is 72.9 Å². The van der Waals surface area contributed by atoms with E-state index in [1.165, 1.54) is 5.69 Å². The van der Waals surface area contributed by atoms with Gasteiger partial charge in [0.25, 0.3) is 0 Å². The zero-order chi connectivity index (χ0) is 14.5. The van der Waals surface area contributed by atoms with Crippen LogP contribution in [0.2, 0.25) is 0 Å². The summed E-state index contributed by atoms with van der Waals surface area (Å²) in [5.41, 5.74) is 8.23. The summed E-state index contributed by atoms with van der Waals surface area (Å²) in [5, 5.41) is 7.43. The number of nitrogens with two attached hydrogens (primary N) is 1. The molecule has 1 amide bonds. The summed E-state index contributed by atoms with van der Waals surface area (Å²) in [6.45, 7) is 5.59. The number of aromatic nitrogens is 2. The highest BCUT2D eigenvalue weighted by atomic mass is 16.1. The van der Waals surface area contributed by atoms with Crippen LogP contribution in [0.25, 0.3) is 0 Å². The number of hydrogen-bond donors (Lipinski definition) is 2. The Balaban J connectivity index is 1.70. The average molecular weight is 278 g/mol. The van der Waals surface area contributed by atoms with Crippen molar-refractivity contribution in [2.24, 2.45) is 11.7 Å².